The van der Waals surface area contributed by atoms with Gasteiger partial charge in [0.25, 0.3) is 0 Å². The zero-order valence-corrected chi connectivity index (χ0v) is 18.9. The first-order valence-corrected chi connectivity index (χ1v) is 11.4. The van der Waals surface area contributed by atoms with Gasteiger partial charge in [-0.1, -0.05) is 54.3 Å². The monoisotopic (exact) mass is 469 g/mol. The molecular formula is C28H24FN3O3. The number of nitrogens with one attached hydrogen (secondary N) is 1. The number of nitrogens with zero attached hydrogens (tertiary/aromatic N) is 2. The van der Waals surface area contributed by atoms with E-state index < -0.39 is 11.8 Å². The molecule has 0 saturated carbocycles. The lowest BCUT2D eigenvalue weighted by Crippen LogP contribution is -2.73. The number of anilines is 1. The summed E-state index contributed by atoms with van der Waals surface area (Å²) < 4.78 is 14.0. The van der Waals surface area contributed by atoms with Crippen LogP contribution in [0.2, 0.25) is 0 Å². The van der Waals surface area contributed by atoms with Gasteiger partial charge in [0, 0.05) is 23.6 Å². The molecule has 2 fully saturated rings. The summed E-state index contributed by atoms with van der Waals surface area (Å²) in [7, 11) is 0. The summed E-state index contributed by atoms with van der Waals surface area (Å²) >= 11 is 0. The zero-order chi connectivity index (χ0) is 24.4. The number of rotatable bonds is 3. The van der Waals surface area contributed by atoms with Crippen molar-refractivity contribution in [2.75, 3.05) is 25.0 Å². The van der Waals surface area contributed by atoms with Gasteiger partial charge in [0.2, 0.25) is 5.91 Å². The molecule has 7 heteroatoms. The highest BCUT2D eigenvalue weighted by Gasteiger charge is 2.54. The summed E-state index contributed by atoms with van der Waals surface area (Å²) in [4.78, 5) is 28.7. The van der Waals surface area contributed by atoms with Crippen molar-refractivity contribution in [3.8, 4) is 11.8 Å². The van der Waals surface area contributed by atoms with Crippen molar-refractivity contribution in [2.24, 2.45) is 0 Å². The Morgan fingerprint density at radius 2 is 1.63 bits per heavy atom. The third-order valence-electron chi connectivity index (χ3n) is 6.58. The minimum Gasteiger partial charge on any atom is -0.394 e. The molecule has 176 valence electrons. The molecule has 0 unspecified atom stereocenters. The number of urea groups is 1. The fourth-order valence-electron chi connectivity index (χ4n) is 4.87. The molecule has 3 atom stereocenters. The van der Waals surface area contributed by atoms with Crippen LogP contribution in [0.25, 0.3) is 0 Å². The number of aliphatic hydroxyl groups is 1. The van der Waals surface area contributed by atoms with Crippen LogP contribution >= 0.6 is 0 Å². The largest absolute Gasteiger partial charge is 0.394 e. The van der Waals surface area contributed by atoms with Crippen molar-refractivity contribution < 1.29 is 19.1 Å². The van der Waals surface area contributed by atoms with Gasteiger partial charge in [-0.3, -0.25) is 4.79 Å². The van der Waals surface area contributed by atoms with Crippen molar-refractivity contribution in [3.63, 3.8) is 0 Å². The molecule has 0 bridgehead atoms. The predicted molar refractivity (Wildman–Crippen MR) is 130 cm³/mol. The number of carbonyl (C=O) groups excluding carboxylic acids is 2. The van der Waals surface area contributed by atoms with Crippen LogP contribution in [-0.4, -0.2) is 58.6 Å². The number of para-hydroxylation sites is 1. The molecule has 0 spiro atoms. The Kier molecular flexibility index (Phi) is 6.21. The standard InChI is InChI=1S/C28H24FN3O3/c29-22-8-4-5-9-23(22)30-28(35)31-16-24-27(25(18-33)32(24)26(34)17-31)21-14-12-20(13-15-21)11-10-19-6-2-1-3-7-19/h1-9,12-15,24-25,27,33H,16-18H2,(H,30,35)/t24-,25-,27+/m1/s1. The molecule has 3 aromatic rings. The number of hydrogen-bond acceptors (Lipinski definition) is 3. The third kappa shape index (κ3) is 4.48. The average molecular weight is 470 g/mol. The molecule has 2 heterocycles. The minimum absolute atomic E-state index is 0.0676. The highest BCUT2D eigenvalue weighted by atomic mass is 19.1. The van der Waals surface area contributed by atoms with Gasteiger partial charge >= 0.3 is 6.03 Å². The molecule has 0 aromatic heterocycles. The molecular weight excluding hydrogens is 445 g/mol. The Bertz CT molecular complexity index is 1300. The number of halogens is 1. The van der Waals surface area contributed by atoms with Gasteiger partial charge in [0.15, 0.2) is 0 Å². The minimum atomic E-state index is -0.539. The fourth-order valence-corrected chi connectivity index (χ4v) is 4.87. The van der Waals surface area contributed by atoms with E-state index in [4.69, 9.17) is 0 Å². The molecule has 2 aliphatic rings. The molecule has 35 heavy (non-hydrogen) atoms. The summed E-state index contributed by atoms with van der Waals surface area (Å²) in [6.07, 6.45) is 0. The van der Waals surface area contributed by atoms with Crippen LogP contribution in [0.3, 0.4) is 0 Å². The first kappa shape index (κ1) is 22.6. The van der Waals surface area contributed by atoms with E-state index in [0.717, 1.165) is 16.7 Å². The number of benzene rings is 3. The smallest absolute Gasteiger partial charge is 0.322 e. The van der Waals surface area contributed by atoms with E-state index in [1.54, 1.807) is 17.0 Å². The Labute approximate surface area is 203 Å². The summed E-state index contributed by atoms with van der Waals surface area (Å²) in [6.45, 7) is 0.0146. The van der Waals surface area contributed by atoms with Gasteiger partial charge in [0.05, 0.1) is 24.4 Å². The Hall–Kier alpha value is -4.15. The molecule has 0 radical (unpaired) electrons. The quantitative estimate of drug-likeness (QED) is 0.578. The van der Waals surface area contributed by atoms with E-state index in [-0.39, 0.29) is 42.7 Å². The van der Waals surface area contributed by atoms with E-state index >= 15 is 0 Å². The highest BCUT2D eigenvalue weighted by Crippen LogP contribution is 2.43. The first-order chi connectivity index (χ1) is 17.0. The van der Waals surface area contributed by atoms with E-state index in [1.807, 2.05) is 54.6 Å². The second kappa shape index (κ2) is 9.61. The summed E-state index contributed by atoms with van der Waals surface area (Å²) in [5, 5.41) is 12.5. The van der Waals surface area contributed by atoms with E-state index in [1.165, 1.54) is 17.0 Å². The van der Waals surface area contributed by atoms with E-state index in [2.05, 4.69) is 17.2 Å². The lowest BCUT2D eigenvalue weighted by molar-refractivity contribution is -0.159. The molecule has 2 saturated heterocycles. The van der Waals surface area contributed by atoms with Crippen LogP contribution < -0.4 is 5.32 Å². The van der Waals surface area contributed by atoms with Gasteiger partial charge < -0.3 is 20.2 Å². The molecule has 3 amide bonds. The Morgan fingerprint density at radius 3 is 2.31 bits per heavy atom. The van der Waals surface area contributed by atoms with Crippen LogP contribution in [0.1, 0.15) is 22.6 Å². The van der Waals surface area contributed by atoms with Crippen molar-refractivity contribution in [1.82, 2.24) is 9.80 Å². The van der Waals surface area contributed by atoms with Crippen molar-refractivity contribution >= 4 is 17.6 Å². The molecule has 6 nitrogen and oxygen atoms in total. The fraction of sp³-hybridized carbons (Fsp3) is 0.214. The van der Waals surface area contributed by atoms with Gasteiger partial charge in [-0.15, -0.1) is 0 Å². The SMILES string of the molecule is O=C(Nc1ccccc1F)N1CC(=O)N2[C@H](CO)[C@@H](c3ccc(C#Cc4ccccc4)cc3)[C@H]2C1. The average Bonchev–Trinajstić information content (AvgIpc) is 2.86. The second-order valence-electron chi connectivity index (χ2n) is 8.67. The Balaban J connectivity index is 1.32. The maximum Gasteiger partial charge on any atom is 0.322 e. The first-order valence-electron chi connectivity index (χ1n) is 11.4. The number of piperazine rings is 1. The third-order valence-corrected chi connectivity index (χ3v) is 6.58. The van der Waals surface area contributed by atoms with Gasteiger partial charge in [0.1, 0.15) is 12.4 Å². The van der Waals surface area contributed by atoms with Gasteiger partial charge in [-0.25, -0.2) is 9.18 Å². The molecule has 2 aliphatic heterocycles. The number of hydrogen-bond donors (Lipinski definition) is 2. The number of fused-ring (bicyclic) bond motifs is 1. The summed E-state index contributed by atoms with van der Waals surface area (Å²) in [5.74, 6) is 5.38. The van der Waals surface area contributed by atoms with Crippen molar-refractivity contribution in [3.05, 3.63) is 101 Å². The van der Waals surface area contributed by atoms with Crippen molar-refractivity contribution in [2.45, 2.75) is 18.0 Å². The van der Waals surface area contributed by atoms with Crippen LogP contribution in [0.4, 0.5) is 14.9 Å². The molecule has 2 N–H and O–H groups in total. The second-order valence-corrected chi connectivity index (χ2v) is 8.67. The van der Waals surface area contributed by atoms with Crippen molar-refractivity contribution in [1.29, 1.82) is 0 Å². The van der Waals surface area contributed by atoms with Crippen LogP contribution in [0.15, 0.2) is 78.9 Å². The maximum atomic E-state index is 14.0. The Morgan fingerprint density at radius 1 is 0.971 bits per heavy atom. The summed E-state index contributed by atoms with van der Waals surface area (Å²) in [5.41, 5.74) is 2.83. The number of carbonyl (C=O) groups is 2. The van der Waals surface area contributed by atoms with Crippen LogP contribution in [0.5, 0.6) is 0 Å². The molecule has 0 aliphatic carbocycles. The van der Waals surface area contributed by atoms with Gasteiger partial charge in [-0.2, -0.15) is 0 Å². The lowest BCUT2D eigenvalue weighted by Gasteiger charge is -2.58. The predicted octanol–water partition coefficient (Wildman–Crippen LogP) is 3.43. The van der Waals surface area contributed by atoms with E-state index in [0.29, 0.717) is 6.54 Å². The lowest BCUT2D eigenvalue weighted by atomic mass is 9.73. The van der Waals surface area contributed by atoms with E-state index in [9.17, 15) is 19.1 Å². The van der Waals surface area contributed by atoms with Gasteiger partial charge in [-0.05, 0) is 42.0 Å². The summed E-state index contributed by atoms with van der Waals surface area (Å²) in [6, 6.07) is 22.3. The van der Waals surface area contributed by atoms with Crippen LogP contribution in [0, 0.1) is 17.7 Å². The highest BCUT2D eigenvalue weighted by molar-refractivity contribution is 5.94. The molecule has 3 aromatic carbocycles. The molecule has 5 rings (SSSR count). The number of aliphatic hydroxyl groups excluding tert-OH is 1. The maximum absolute atomic E-state index is 14.0. The normalized spacial score (nSPS) is 20.9. The van der Waals surface area contributed by atoms with Crippen LogP contribution in [-0.2, 0) is 4.79 Å². The topological polar surface area (TPSA) is 72.9 Å². The number of amides is 3. The zero-order valence-electron chi connectivity index (χ0n) is 18.9.